The van der Waals surface area contributed by atoms with Gasteiger partial charge >= 0.3 is 0 Å². The van der Waals surface area contributed by atoms with Crippen LogP contribution in [0.1, 0.15) is 50.5 Å². The molecule has 1 atom stereocenters. The molecule has 1 N–H and O–H groups in total. The summed E-state index contributed by atoms with van der Waals surface area (Å²) in [6, 6.07) is 13.4. The molecule has 2 aromatic rings. The highest BCUT2D eigenvalue weighted by molar-refractivity contribution is 9.10. The number of rotatable bonds is 10. The summed E-state index contributed by atoms with van der Waals surface area (Å²) in [5.41, 5.74) is 1.97. The van der Waals surface area contributed by atoms with E-state index in [1.165, 1.54) is 18.4 Å². The van der Waals surface area contributed by atoms with Crippen molar-refractivity contribution in [2.75, 3.05) is 25.1 Å². The Morgan fingerprint density at radius 2 is 1.94 bits per heavy atom. The highest BCUT2D eigenvalue weighted by atomic mass is 79.9. The molecule has 7 heteroatoms. The topological polar surface area (TPSA) is 66.0 Å². The van der Waals surface area contributed by atoms with Crippen LogP contribution in [0, 0.1) is 0 Å². The smallest absolute Gasteiger partial charge is 0.291 e. The quantitative estimate of drug-likeness (QED) is 0.233. The maximum Gasteiger partial charge on any atom is 0.291 e. The molecule has 4 rings (SSSR count). The molecule has 0 spiro atoms. The van der Waals surface area contributed by atoms with Crippen LogP contribution in [-0.4, -0.2) is 32.0 Å². The second-order valence-electron chi connectivity index (χ2n) is 8.21. The van der Waals surface area contributed by atoms with Gasteiger partial charge < -0.3 is 24.3 Å². The van der Waals surface area contributed by atoms with Crippen LogP contribution in [0.4, 0.5) is 5.69 Å². The maximum absolute atomic E-state index is 12.7. The number of ether oxygens (including phenoxy) is 4. The number of benzene rings is 2. The zero-order valence-corrected chi connectivity index (χ0v) is 20.4. The average Bonchev–Trinajstić information content (AvgIpc) is 3.68. The molecule has 1 saturated heterocycles. The minimum absolute atomic E-state index is 0.123. The summed E-state index contributed by atoms with van der Waals surface area (Å²) in [5, 5.41) is 2.87. The molecule has 1 aliphatic carbocycles. The molecule has 0 bridgehead atoms. The third-order valence-corrected chi connectivity index (χ3v) is 6.23. The van der Waals surface area contributed by atoms with Crippen molar-refractivity contribution in [2.24, 2.45) is 0 Å². The molecular formula is C26H30BrNO5. The third-order valence-electron chi connectivity index (χ3n) is 5.61. The number of amides is 1. The van der Waals surface area contributed by atoms with E-state index < -0.39 is 0 Å². The third kappa shape index (κ3) is 7.06. The number of hydrogen-bond donors (Lipinski definition) is 1. The van der Waals surface area contributed by atoms with E-state index in [1.807, 2.05) is 18.2 Å². The molecule has 2 aliphatic rings. The predicted molar refractivity (Wildman–Crippen MR) is 131 cm³/mol. The maximum atomic E-state index is 12.7. The Kier molecular flexibility index (Phi) is 8.42. The van der Waals surface area contributed by atoms with Gasteiger partial charge in [0.25, 0.3) is 5.91 Å². The van der Waals surface area contributed by atoms with E-state index in [0.29, 0.717) is 36.3 Å². The van der Waals surface area contributed by atoms with E-state index >= 15 is 0 Å². The van der Waals surface area contributed by atoms with E-state index in [0.717, 1.165) is 30.3 Å². The van der Waals surface area contributed by atoms with Gasteiger partial charge in [0, 0.05) is 12.3 Å². The van der Waals surface area contributed by atoms with E-state index in [9.17, 15) is 4.79 Å². The summed E-state index contributed by atoms with van der Waals surface area (Å²) in [4.78, 5) is 12.7. The van der Waals surface area contributed by atoms with E-state index in [2.05, 4.69) is 33.4 Å². The van der Waals surface area contributed by atoms with Gasteiger partial charge in [0.2, 0.25) is 0 Å². The fourth-order valence-corrected chi connectivity index (χ4v) is 4.14. The molecule has 176 valence electrons. The first-order valence-electron chi connectivity index (χ1n) is 11.5. The van der Waals surface area contributed by atoms with Crippen molar-refractivity contribution in [2.45, 2.75) is 51.2 Å². The number of allylic oxidation sites excluding steroid dienone is 1. The lowest BCUT2D eigenvalue weighted by Crippen LogP contribution is -2.24. The summed E-state index contributed by atoms with van der Waals surface area (Å²) in [6.07, 6.45) is 7.21. The largest absolute Gasteiger partial charge is 0.490 e. The zero-order chi connectivity index (χ0) is 23.0. The van der Waals surface area contributed by atoms with Gasteiger partial charge in [-0.05, 0) is 103 Å². The Hall–Kier alpha value is -2.35. The second-order valence-corrected chi connectivity index (χ2v) is 9.07. The van der Waals surface area contributed by atoms with Crippen LogP contribution in [0.3, 0.4) is 0 Å². The minimum atomic E-state index is -0.315. The Morgan fingerprint density at radius 3 is 2.61 bits per heavy atom. The lowest BCUT2D eigenvalue weighted by atomic mass is 10.1. The fraction of sp³-hybridized carbons (Fsp3) is 0.423. The summed E-state index contributed by atoms with van der Waals surface area (Å²) in [5.74, 6) is 1.94. The van der Waals surface area contributed by atoms with Gasteiger partial charge in [-0.2, -0.15) is 0 Å². The molecule has 33 heavy (non-hydrogen) atoms. The van der Waals surface area contributed by atoms with Gasteiger partial charge in [0.05, 0.1) is 11.1 Å². The number of halogens is 1. The number of carbonyl (C=O) groups is 1. The number of nitrogens with one attached hydrogen (secondary N) is 1. The Labute approximate surface area is 203 Å². The summed E-state index contributed by atoms with van der Waals surface area (Å²) in [6.45, 7) is 3.41. The molecule has 2 fully saturated rings. The molecule has 0 radical (unpaired) electrons. The van der Waals surface area contributed by atoms with Crippen molar-refractivity contribution in [1.29, 1.82) is 0 Å². The highest BCUT2D eigenvalue weighted by Gasteiger charge is 2.23. The summed E-state index contributed by atoms with van der Waals surface area (Å²) in [7, 11) is 0. The SMILES string of the molecule is CC=C(Oc1ccc(C2CC2)cc1)C(=O)Nc1ccc(OCCOC2CCCCO2)c(Br)c1. The van der Waals surface area contributed by atoms with Gasteiger partial charge in [-0.1, -0.05) is 12.1 Å². The molecule has 1 aliphatic heterocycles. The van der Waals surface area contributed by atoms with Gasteiger partial charge in [-0.15, -0.1) is 0 Å². The first kappa shape index (κ1) is 23.8. The molecule has 1 saturated carbocycles. The minimum Gasteiger partial charge on any atom is -0.490 e. The molecule has 6 nitrogen and oxygen atoms in total. The molecule has 1 amide bonds. The van der Waals surface area contributed by atoms with Crippen LogP contribution in [0.25, 0.3) is 0 Å². The van der Waals surface area contributed by atoms with Crippen molar-refractivity contribution < 1.29 is 23.7 Å². The average molecular weight is 516 g/mol. The van der Waals surface area contributed by atoms with Gasteiger partial charge in [-0.25, -0.2) is 0 Å². The number of hydrogen-bond acceptors (Lipinski definition) is 5. The molecule has 0 aromatic heterocycles. The van der Waals surface area contributed by atoms with Crippen molar-refractivity contribution in [3.8, 4) is 11.5 Å². The molecule has 1 heterocycles. The predicted octanol–water partition coefficient (Wildman–Crippen LogP) is 6.17. The lowest BCUT2D eigenvalue weighted by molar-refractivity contribution is -0.165. The van der Waals surface area contributed by atoms with Crippen molar-refractivity contribution in [1.82, 2.24) is 0 Å². The van der Waals surface area contributed by atoms with Crippen LogP contribution in [-0.2, 0) is 14.3 Å². The molecular weight excluding hydrogens is 486 g/mol. The summed E-state index contributed by atoms with van der Waals surface area (Å²) >= 11 is 3.51. The van der Waals surface area contributed by atoms with E-state index in [4.69, 9.17) is 18.9 Å². The molecule has 2 aromatic carbocycles. The van der Waals surface area contributed by atoms with Crippen LogP contribution in [0.15, 0.2) is 58.8 Å². The molecule has 1 unspecified atom stereocenters. The first-order valence-corrected chi connectivity index (χ1v) is 12.3. The van der Waals surface area contributed by atoms with Gasteiger partial charge in [0.1, 0.15) is 18.1 Å². The Morgan fingerprint density at radius 1 is 1.12 bits per heavy atom. The zero-order valence-electron chi connectivity index (χ0n) is 18.8. The Bertz CT molecular complexity index is 965. The summed E-state index contributed by atoms with van der Waals surface area (Å²) < 4.78 is 23.6. The van der Waals surface area contributed by atoms with Crippen LogP contribution < -0.4 is 14.8 Å². The number of carbonyl (C=O) groups excluding carboxylic acids is 1. The lowest BCUT2D eigenvalue weighted by Gasteiger charge is -2.22. The van der Waals surface area contributed by atoms with E-state index in [-0.39, 0.29) is 18.0 Å². The van der Waals surface area contributed by atoms with Crippen molar-refractivity contribution >= 4 is 27.5 Å². The van der Waals surface area contributed by atoms with Gasteiger partial charge in [-0.3, -0.25) is 4.79 Å². The fourth-order valence-electron chi connectivity index (χ4n) is 3.65. The van der Waals surface area contributed by atoms with Gasteiger partial charge in [0.15, 0.2) is 12.0 Å². The van der Waals surface area contributed by atoms with Crippen LogP contribution >= 0.6 is 15.9 Å². The van der Waals surface area contributed by atoms with Crippen LogP contribution in [0.5, 0.6) is 11.5 Å². The second kappa shape index (κ2) is 11.7. The van der Waals surface area contributed by atoms with Crippen molar-refractivity contribution in [3.63, 3.8) is 0 Å². The highest BCUT2D eigenvalue weighted by Crippen LogP contribution is 2.40. The van der Waals surface area contributed by atoms with E-state index in [1.54, 1.807) is 25.1 Å². The normalized spacial score (nSPS) is 18.6. The van der Waals surface area contributed by atoms with Crippen molar-refractivity contribution in [3.05, 3.63) is 64.3 Å². The number of anilines is 1. The first-order chi connectivity index (χ1) is 16.1. The monoisotopic (exact) mass is 515 g/mol. The standard InChI is InChI=1S/C26H30BrNO5/c1-2-23(33-21-11-8-19(9-12-21)18-6-7-18)26(29)28-20-10-13-24(22(27)17-20)30-15-16-32-25-5-3-4-14-31-25/h2,8-13,17-18,25H,3-7,14-16H2,1H3,(H,28,29). The Balaban J connectivity index is 1.25. The van der Waals surface area contributed by atoms with Crippen LogP contribution in [0.2, 0.25) is 0 Å².